The third-order valence-electron chi connectivity index (χ3n) is 2.66. The fourth-order valence-corrected chi connectivity index (χ4v) is 1.70. The summed E-state index contributed by atoms with van der Waals surface area (Å²) < 4.78 is 6.65. The van der Waals surface area contributed by atoms with Crippen molar-refractivity contribution >= 4 is 5.91 Å². The molecule has 1 atom stereocenters. The minimum absolute atomic E-state index is 0.00593. The molecule has 0 aliphatic carbocycles. The molecule has 1 fully saturated rings. The normalized spacial score (nSPS) is 18.4. The van der Waals surface area contributed by atoms with Crippen molar-refractivity contribution in [1.82, 2.24) is 14.7 Å². The minimum Gasteiger partial charge on any atom is -0.505 e. The second-order valence-corrected chi connectivity index (χ2v) is 3.79. The second kappa shape index (κ2) is 4.52. The first-order valence-corrected chi connectivity index (χ1v) is 5.28. The topological polar surface area (TPSA) is 67.6 Å². The molecule has 0 radical (unpaired) electrons. The van der Waals surface area contributed by atoms with Crippen molar-refractivity contribution in [3.05, 3.63) is 12.4 Å². The number of amides is 1. The lowest BCUT2D eigenvalue weighted by atomic mass is 10.2. The van der Waals surface area contributed by atoms with Gasteiger partial charge in [-0.1, -0.05) is 0 Å². The molecular formula is C10H15N3O3. The summed E-state index contributed by atoms with van der Waals surface area (Å²) in [7, 11) is 0. The van der Waals surface area contributed by atoms with Gasteiger partial charge in [-0.05, 0) is 6.92 Å². The van der Waals surface area contributed by atoms with E-state index in [0.717, 1.165) is 0 Å². The first-order valence-electron chi connectivity index (χ1n) is 5.28. The van der Waals surface area contributed by atoms with Crippen molar-refractivity contribution in [2.75, 3.05) is 26.3 Å². The molecule has 1 aliphatic heterocycles. The Morgan fingerprint density at radius 3 is 2.81 bits per heavy atom. The Balaban J connectivity index is 2.03. The van der Waals surface area contributed by atoms with Crippen LogP contribution >= 0.6 is 0 Å². The second-order valence-electron chi connectivity index (χ2n) is 3.79. The molecular weight excluding hydrogens is 210 g/mol. The third-order valence-corrected chi connectivity index (χ3v) is 2.66. The average Bonchev–Trinajstić information content (AvgIpc) is 2.75. The average molecular weight is 225 g/mol. The number of ether oxygens (including phenoxy) is 1. The highest BCUT2D eigenvalue weighted by Crippen LogP contribution is 2.14. The number of aromatic hydroxyl groups is 1. The van der Waals surface area contributed by atoms with Crippen molar-refractivity contribution in [2.24, 2.45) is 0 Å². The molecule has 1 amide bonds. The molecule has 1 aromatic rings. The number of aromatic nitrogens is 2. The van der Waals surface area contributed by atoms with E-state index >= 15 is 0 Å². The highest BCUT2D eigenvalue weighted by molar-refractivity contribution is 5.80. The van der Waals surface area contributed by atoms with Gasteiger partial charge in [0.05, 0.1) is 25.6 Å². The summed E-state index contributed by atoms with van der Waals surface area (Å²) in [6.45, 7) is 4.18. The van der Waals surface area contributed by atoms with E-state index in [0.29, 0.717) is 26.3 Å². The van der Waals surface area contributed by atoms with E-state index in [1.165, 1.54) is 17.1 Å². The highest BCUT2D eigenvalue weighted by Gasteiger charge is 2.24. The molecule has 0 aromatic carbocycles. The Morgan fingerprint density at radius 2 is 2.25 bits per heavy atom. The number of carbonyl (C=O) groups is 1. The molecule has 2 rings (SSSR count). The largest absolute Gasteiger partial charge is 0.505 e. The summed E-state index contributed by atoms with van der Waals surface area (Å²) in [4.78, 5) is 13.8. The van der Waals surface area contributed by atoms with Crippen molar-refractivity contribution in [2.45, 2.75) is 13.0 Å². The van der Waals surface area contributed by atoms with Gasteiger partial charge in [0.2, 0.25) is 5.91 Å². The Labute approximate surface area is 93.4 Å². The van der Waals surface area contributed by atoms with Gasteiger partial charge in [0.15, 0.2) is 5.75 Å². The van der Waals surface area contributed by atoms with Gasteiger partial charge < -0.3 is 14.7 Å². The molecule has 1 unspecified atom stereocenters. The van der Waals surface area contributed by atoms with Crippen molar-refractivity contribution in [3.8, 4) is 5.75 Å². The number of carbonyl (C=O) groups excluding carboxylic acids is 1. The first-order chi connectivity index (χ1) is 7.68. The molecule has 0 saturated carbocycles. The zero-order chi connectivity index (χ0) is 11.5. The fraction of sp³-hybridized carbons (Fsp3) is 0.600. The van der Waals surface area contributed by atoms with E-state index in [9.17, 15) is 4.79 Å². The molecule has 6 heteroatoms. The highest BCUT2D eigenvalue weighted by atomic mass is 16.5. The van der Waals surface area contributed by atoms with Gasteiger partial charge in [-0.25, -0.2) is 0 Å². The summed E-state index contributed by atoms with van der Waals surface area (Å²) in [5, 5.41) is 13.1. The lowest BCUT2D eigenvalue weighted by Gasteiger charge is -2.29. The maximum Gasteiger partial charge on any atom is 0.247 e. The lowest BCUT2D eigenvalue weighted by molar-refractivity contribution is -0.138. The van der Waals surface area contributed by atoms with Crippen LogP contribution in [0.25, 0.3) is 0 Å². The molecule has 1 N–H and O–H groups in total. The smallest absolute Gasteiger partial charge is 0.247 e. The minimum atomic E-state index is -0.390. The lowest BCUT2D eigenvalue weighted by Crippen LogP contribution is -2.43. The van der Waals surface area contributed by atoms with E-state index in [2.05, 4.69) is 5.10 Å². The zero-order valence-electron chi connectivity index (χ0n) is 9.17. The number of nitrogens with zero attached hydrogens (tertiary/aromatic N) is 3. The monoisotopic (exact) mass is 225 g/mol. The van der Waals surface area contributed by atoms with Crippen molar-refractivity contribution in [3.63, 3.8) is 0 Å². The van der Waals surface area contributed by atoms with E-state index in [-0.39, 0.29) is 17.7 Å². The van der Waals surface area contributed by atoms with Crippen LogP contribution in [0.1, 0.15) is 13.0 Å². The van der Waals surface area contributed by atoms with Crippen LogP contribution in [-0.2, 0) is 9.53 Å². The molecule has 88 valence electrons. The summed E-state index contributed by atoms with van der Waals surface area (Å²) in [5.74, 6) is 0.0769. The Bertz CT molecular complexity index is 371. The predicted molar refractivity (Wildman–Crippen MR) is 56.0 cm³/mol. The first kappa shape index (κ1) is 10.9. The molecule has 1 aromatic heterocycles. The van der Waals surface area contributed by atoms with Gasteiger partial charge in [-0.15, -0.1) is 0 Å². The van der Waals surface area contributed by atoms with Crippen LogP contribution in [-0.4, -0.2) is 52.0 Å². The van der Waals surface area contributed by atoms with Crippen LogP contribution in [0.15, 0.2) is 12.4 Å². The maximum atomic E-state index is 12.0. The predicted octanol–water partition coefficient (Wildman–Crippen LogP) is 0.00850. The Hall–Kier alpha value is -1.56. The van der Waals surface area contributed by atoms with E-state index in [1.807, 2.05) is 0 Å². The van der Waals surface area contributed by atoms with Gasteiger partial charge in [0, 0.05) is 13.1 Å². The van der Waals surface area contributed by atoms with Crippen LogP contribution in [0.4, 0.5) is 0 Å². The molecule has 0 spiro atoms. The van der Waals surface area contributed by atoms with Gasteiger partial charge in [0.25, 0.3) is 0 Å². The molecule has 2 heterocycles. The summed E-state index contributed by atoms with van der Waals surface area (Å²) in [6.07, 6.45) is 2.77. The summed E-state index contributed by atoms with van der Waals surface area (Å²) in [5.41, 5.74) is 0. The Morgan fingerprint density at radius 1 is 1.56 bits per heavy atom. The molecule has 0 bridgehead atoms. The zero-order valence-corrected chi connectivity index (χ0v) is 9.17. The van der Waals surface area contributed by atoms with E-state index < -0.39 is 0 Å². The summed E-state index contributed by atoms with van der Waals surface area (Å²) >= 11 is 0. The summed E-state index contributed by atoms with van der Waals surface area (Å²) in [6, 6.07) is -0.390. The standard InChI is InChI=1S/C10H15N3O3/c1-8(13-7-9(14)6-11-13)10(15)12-2-4-16-5-3-12/h6-8,14H,2-5H2,1H3. The van der Waals surface area contributed by atoms with Crippen LogP contribution in [0, 0.1) is 0 Å². The van der Waals surface area contributed by atoms with Crippen LogP contribution in [0.3, 0.4) is 0 Å². The van der Waals surface area contributed by atoms with Crippen LogP contribution < -0.4 is 0 Å². The number of morpholine rings is 1. The molecule has 16 heavy (non-hydrogen) atoms. The van der Waals surface area contributed by atoms with E-state index in [1.54, 1.807) is 11.8 Å². The van der Waals surface area contributed by atoms with Crippen LogP contribution in [0.5, 0.6) is 5.75 Å². The van der Waals surface area contributed by atoms with E-state index in [4.69, 9.17) is 9.84 Å². The number of hydrogen-bond acceptors (Lipinski definition) is 4. The van der Waals surface area contributed by atoms with Gasteiger partial charge >= 0.3 is 0 Å². The number of rotatable bonds is 2. The molecule has 1 aliphatic rings. The molecule has 1 saturated heterocycles. The van der Waals surface area contributed by atoms with Gasteiger partial charge in [-0.3, -0.25) is 9.48 Å². The maximum absolute atomic E-state index is 12.0. The van der Waals surface area contributed by atoms with Crippen molar-refractivity contribution < 1.29 is 14.6 Å². The Kier molecular flexibility index (Phi) is 3.09. The van der Waals surface area contributed by atoms with Gasteiger partial charge in [0.1, 0.15) is 6.04 Å². The van der Waals surface area contributed by atoms with Crippen molar-refractivity contribution in [1.29, 1.82) is 0 Å². The number of hydrogen-bond donors (Lipinski definition) is 1. The van der Waals surface area contributed by atoms with Crippen LogP contribution in [0.2, 0.25) is 0 Å². The fourth-order valence-electron chi connectivity index (χ4n) is 1.70. The third kappa shape index (κ3) is 2.16. The quantitative estimate of drug-likeness (QED) is 0.769. The SMILES string of the molecule is CC(C(=O)N1CCOCC1)n1cc(O)cn1. The molecule has 6 nitrogen and oxygen atoms in total. The van der Waals surface area contributed by atoms with Gasteiger partial charge in [-0.2, -0.15) is 5.10 Å².